The second-order valence-corrected chi connectivity index (χ2v) is 9.33. The van der Waals surface area contributed by atoms with Gasteiger partial charge in [-0.3, -0.25) is 0 Å². The molecule has 0 unspecified atom stereocenters. The van der Waals surface area contributed by atoms with Crippen molar-refractivity contribution in [1.82, 2.24) is 34.9 Å². The molecule has 0 fully saturated rings. The van der Waals surface area contributed by atoms with Gasteiger partial charge in [-0.15, -0.1) is 0 Å². The Morgan fingerprint density at radius 3 is 1.51 bits per heavy atom. The van der Waals surface area contributed by atoms with Crippen LogP contribution in [0.25, 0.3) is 0 Å². The summed E-state index contributed by atoms with van der Waals surface area (Å²) in [4.78, 5) is 30.6. The standard InChI is InChI=1S/C22H19F3N8S2/c1-11-9-12(2)27-18(26-11)34-20-31-17(30-16-8-6-5-7-15(16)22(23,24)25)32-21(33-20)35-19-28-13(3)10-14(4)29-19/h5-10H,1-4H3,(H,30,31,32,33). The lowest BCUT2D eigenvalue weighted by atomic mass is 10.1. The molecule has 4 aromatic rings. The number of hydrogen-bond acceptors (Lipinski definition) is 10. The number of aryl methyl sites for hydroxylation is 4. The number of aromatic nitrogens is 7. The van der Waals surface area contributed by atoms with E-state index in [9.17, 15) is 13.2 Å². The first kappa shape index (κ1) is 24.8. The first-order valence-electron chi connectivity index (χ1n) is 10.2. The van der Waals surface area contributed by atoms with Crippen LogP contribution in [0.5, 0.6) is 0 Å². The highest BCUT2D eigenvalue weighted by Gasteiger charge is 2.33. The third-order valence-electron chi connectivity index (χ3n) is 4.36. The average molecular weight is 517 g/mol. The topological polar surface area (TPSA) is 102 Å². The van der Waals surface area contributed by atoms with E-state index in [4.69, 9.17) is 0 Å². The minimum atomic E-state index is -4.55. The van der Waals surface area contributed by atoms with Gasteiger partial charge in [0.15, 0.2) is 10.3 Å². The fourth-order valence-corrected chi connectivity index (χ4v) is 4.76. The SMILES string of the molecule is Cc1cc(C)nc(Sc2nc(Nc3ccccc3C(F)(F)F)nc(Sc3nc(C)cc(C)n3)n2)n1. The summed E-state index contributed by atoms with van der Waals surface area (Å²) in [7, 11) is 0. The van der Waals surface area contributed by atoms with Crippen LogP contribution in [0.15, 0.2) is 57.0 Å². The van der Waals surface area contributed by atoms with Crippen LogP contribution in [0, 0.1) is 27.7 Å². The van der Waals surface area contributed by atoms with Crippen molar-refractivity contribution in [2.45, 2.75) is 54.5 Å². The van der Waals surface area contributed by atoms with Crippen LogP contribution < -0.4 is 5.32 Å². The monoisotopic (exact) mass is 516 g/mol. The van der Waals surface area contributed by atoms with E-state index in [1.54, 1.807) is 0 Å². The van der Waals surface area contributed by atoms with E-state index < -0.39 is 11.7 Å². The molecule has 0 saturated heterocycles. The van der Waals surface area contributed by atoms with E-state index in [2.05, 4.69) is 40.2 Å². The van der Waals surface area contributed by atoms with E-state index in [1.165, 1.54) is 18.2 Å². The van der Waals surface area contributed by atoms with Gasteiger partial charge in [-0.25, -0.2) is 19.9 Å². The van der Waals surface area contributed by atoms with Gasteiger partial charge >= 0.3 is 6.18 Å². The molecule has 0 spiro atoms. The number of benzene rings is 1. The Bertz CT molecular complexity index is 1270. The fraction of sp³-hybridized carbons (Fsp3) is 0.227. The number of alkyl halides is 3. The molecule has 0 aliphatic heterocycles. The van der Waals surface area contributed by atoms with Crippen LogP contribution in [0.2, 0.25) is 0 Å². The van der Waals surface area contributed by atoms with Crippen molar-refractivity contribution in [1.29, 1.82) is 0 Å². The van der Waals surface area contributed by atoms with E-state index >= 15 is 0 Å². The normalized spacial score (nSPS) is 11.5. The first-order valence-corrected chi connectivity index (χ1v) is 11.9. The summed E-state index contributed by atoms with van der Waals surface area (Å²) in [5.74, 6) is -0.0598. The maximum absolute atomic E-state index is 13.5. The van der Waals surface area contributed by atoms with Crippen molar-refractivity contribution in [3.63, 3.8) is 0 Å². The number of rotatable bonds is 6. The lowest BCUT2D eigenvalue weighted by Crippen LogP contribution is -2.10. The Balaban J connectivity index is 1.74. The molecule has 0 saturated carbocycles. The molecule has 1 aromatic carbocycles. The summed E-state index contributed by atoms with van der Waals surface area (Å²) < 4.78 is 40.5. The Hall–Kier alpha value is -3.32. The van der Waals surface area contributed by atoms with Crippen molar-refractivity contribution >= 4 is 35.2 Å². The second kappa shape index (κ2) is 10.1. The quantitative estimate of drug-likeness (QED) is 0.319. The molecular formula is C22H19F3N8S2. The van der Waals surface area contributed by atoms with Crippen molar-refractivity contribution in [2.24, 2.45) is 0 Å². The predicted molar refractivity (Wildman–Crippen MR) is 126 cm³/mol. The summed E-state index contributed by atoms with van der Waals surface area (Å²) in [6, 6.07) is 8.78. The largest absolute Gasteiger partial charge is 0.418 e. The third kappa shape index (κ3) is 6.63. The zero-order chi connectivity index (χ0) is 25.2. The van der Waals surface area contributed by atoms with E-state index in [0.717, 1.165) is 52.4 Å². The van der Waals surface area contributed by atoms with Gasteiger partial charge in [0.25, 0.3) is 0 Å². The summed E-state index contributed by atoms with van der Waals surface area (Å²) in [5, 5.41) is 3.93. The van der Waals surface area contributed by atoms with Gasteiger partial charge in [0.05, 0.1) is 11.3 Å². The highest BCUT2D eigenvalue weighted by molar-refractivity contribution is 7.99. The molecule has 1 N–H and O–H groups in total. The Morgan fingerprint density at radius 2 is 1.06 bits per heavy atom. The van der Waals surface area contributed by atoms with Crippen molar-refractivity contribution in [3.8, 4) is 0 Å². The molecule has 3 aromatic heterocycles. The lowest BCUT2D eigenvalue weighted by Gasteiger charge is -2.14. The van der Waals surface area contributed by atoms with Crippen LogP contribution >= 0.6 is 23.5 Å². The molecule has 0 bridgehead atoms. The second-order valence-electron chi connectivity index (χ2n) is 7.46. The van der Waals surface area contributed by atoms with E-state index in [1.807, 2.05) is 39.8 Å². The van der Waals surface area contributed by atoms with Crippen LogP contribution in [0.4, 0.5) is 24.8 Å². The van der Waals surface area contributed by atoms with Gasteiger partial charge in [-0.2, -0.15) is 28.1 Å². The highest BCUT2D eigenvalue weighted by Crippen LogP contribution is 2.36. The van der Waals surface area contributed by atoms with Crippen LogP contribution in [-0.4, -0.2) is 34.9 Å². The number of halogens is 3. The van der Waals surface area contributed by atoms with Crippen molar-refractivity contribution in [3.05, 3.63) is 64.7 Å². The van der Waals surface area contributed by atoms with E-state index in [-0.39, 0.29) is 21.9 Å². The zero-order valence-corrected chi connectivity index (χ0v) is 20.7. The van der Waals surface area contributed by atoms with Gasteiger partial charge in [0, 0.05) is 22.8 Å². The number of anilines is 2. The minimum Gasteiger partial charge on any atom is -0.323 e. The summed E-state index contributed by atoms with van der Waals surface area (Å²) in [6.07, 6.45) is -4.55. The molecule has 0 atom stereocenters. The molecular weight excluding hydrogens is 497 g/mol. The van der Waals surface area contributed by atoms with Crippen LogP contribution in [0.3, 0.4) is 0 Å². The van der Waals surface area contributed by atoms with Gasteiger partial charge in [0.1, 0.15) is 0 Å². The average Bonchev–Trinajstić information content (AvgIpc) is 2.71. The Morgan fingerprint density at radius 1 is 0.629 bits per heavy atom. The fourth-order valence-electron chi connectivity index (χ4n) is 3.09. The van der Waals surface area contributed by atoms with Crippen molar-refractivity contribution in [2.75, 3.05) is 5.32 Å². The maximum Gasteiger partial charge on any atom is 0.418 e. The number of para-hydroxylation sites is 1. The molecule has 35 heavy (non-hydrogen) atoms. The Kier molecular flexibility index (Phi) is 7.17. The van der Waals surface area contributed by atoms with Gasteiger partial charge in [0.2, 0.25) is 16.3 Å². The van der Waals surface area contributed by atoms with Crippen molar-refractivity contribution < 1.29 is 13.2 Å². The van der Waals surface area contributed by atoms with Gasteiger partial charge in [-0.05, 0) is 75.5 Å². The van der Waals surface area contributed by atoms with E-state index in [0.29, 0.717) is 10.3 Å². The number of nitrogens with one attached hydrogen (secondary N) is 1. The Labute approximate surface area is 207 Å². The molecule has 3 heterocycles. The number of nitrogens with zero attached hydrogens (tertiary/aromatic N) is 7. The highest BCUT2D eigenvalue weighted by atomic mass is 32.2. The smallest absolute Gasteiger partial charge is 0.323 e. The first-order chi connectivity index (χ1) is 16.5. The summed E-state index contributed by atoms with van der Waals surface area (Å²) in [6.45, 7) is 7.36. The summed E-state index contributed by atoms with van der Waals surface area (Å²) >= 11 is 2.16. The summed E-state index contributed by atoms with van der Waals surface area (Å²) in [5.41, 5.74) is 2.06. The molecule has 0 aliphatic carbocycles. The van der Waals surface area contributed by atoms with Gasteiger partial charge in [-0.1, -0.05) is 12.1 Å². The molecule has 0 radical (unpaired) electrons. The molecule has 4 rings (SSSR count). The van der Waals surface area contributed by atoms with Crippen LogP contribution in [-0.2, 0) is 6.18 Å². The predicted octanol–water partition coefficient (Wildman–Crippen LogP) is 5.75. The zero-order valence-electron chi connectivity index (χ0n) is 19.0. The lowest BCUT2D eigenvalue weighted by molar-refractivity contribution is -0.136. The molecule has 0 amide bonds. The van der Waals surface area contributed by atoms with Crippen LogP contribution in [0.1, 0.15) is 28.3 Å². The molecule has 180 valence electrons. The third-order valence-corrected chi connectivity index (χ3v) is 5.82. The molecule has 0 aliphatic rings. The van der Waals surface area contributed by atoms with Gasteiger partial charge < -0.3 is 5.32 Å². The molecule has 8 nitrogen and oxygen atoms in total. The maximum atomic E-state index is 13.5. The molecule has 13 heteroatoms. The number of hydrogen-bond donors (Lipinski definition) is 1. The minimum absolute atomic E-state index is 0.0598.